The number of nitrogens with zero attached hydrogens (tertiary/aromatic N) is 1. The third-order valence-electron chi connectivity index (χ3n) is 3.73. The summed E-state index contributed by atoms with van der Waals surface area (Å²) in [5.41, 5.74) is 2.91. The molecular formula is C19H20N2O4. The highest BCUT2D eigenvalue weighted by Crippen LogP contribution is 2.32. The van der Waals surface area contributed by atoms with Crippen molar-refractivity contribution < 1.29 is 19.0 Å². The number of aromatic amines is 1. The number of benzene rings is 2. The number of carbonyl (C=O) groups excluding carboxylic acids is 1. The van der Waals surface area contributed by atoms with Crippen LogP contribution in [0.4, 0.5) is 0 Å². The minimum atomic E-state index is -0.344. The van der Waals surface area contributed by atoms with Crippen molar-refractivity contribution in [2.75, 3.05) is 20.3 Å². The van der Waals surface area contributed by atoms with Crippen molar-refractivity contribution >= 4 is 17.0 Å². The van der Waals surface area contributed by atoms with E-state index in [0.29, 0.717) is 36.1 Å². The predicted molar refractivity (Wildman–Crippen MR) is 95.2 cm³/mol. The molecule has 25 heavy (non-hydrogen) atoms. The molecule has 0 saturated heterocycles. The van der Waals surface area contributed by atoms with Crippen LogP contribution in [0.1, 0.15) is 24.2 Å². The maximum absolute atomic E-state index is 11.9. The minimum absolute atomic E-state index is 0.344. The standard InChI is InChI=1S/C19H20N2O4/c1-4-24-16-9-7-12(11-17(16)23-3)18-20-14-8-6-13(10-15(14)21-18)19(22)25-5-2/h6-11H,4-5H2,1-3H3,(H,20,21). The molecule has 1 heterocycles. The minimum Gasteiger partial charge on any atom is -0.493 e. The number of fused-ring (bicyclic) bond motifs is 1. The van der Waals surface area contributed by atoms with Gasteiger partial charge in [-0.05, 0) is 50.2 Å². The number of imidazole rings is 1. The first-order valence-corrected chi connectivity index (χ1v) is 8.14. The van der Waals surface area contributed by atoms with Gasteiger partial charge in [-0.3, -0.25) is 0 Å². The molecule has 0 radical (unpaired) electrons. The van der Waals surface area contributed by atoms with Crippen LogP contribution in [0.15, 0.2) is 36.4 Å². The van der Waals surface area contributed by atoms with Gasteiger partial charge in [0.2, 0.25) is 0 Å². The summed E-state index contributed by atoms with van der Waals surface area (Å²) < 4.78 is 16.0. The van der Waals surface area contributed by atoms with E-state index in [4.69, 9.17) is 14.2 Å². The fourth-order valence-electron chi connectivity index (χ4n) is 2.58. The number of ether oxygens (including phenoxy) is 3. The number of methoxy groups -OCH3 is 1. The number of hydrogen-bond donors (Lipinski definition) is 1. The van der Waals surface area contributed by atoms with Gasteiger partial charge in [0.05, 0.1) is 36.9 Å². The molecule has 1 N–H and O–H groups in total. The molecule has 0 spiro atoms. The maximum atomic E-state index is 11.9. The number of carbonyl (C=O) groups is 1. The first-order chi connectivity index (χ1) is 12.2. The fraction of sp³-hybridized carbons (Fsp3) is 0.263. The van der Waals surface area contributed by atoms with Crippen LogP contribution in [0.3, 0.4) is 0 Å². The van der Waals surface area contributed by atoms with E-state index in [1.807, 2.05) is 25.1 Å². The Morgan fingerprint density at radius 1 is 1.08 bits per heavy atom. The zero-order chi connectivity index (χ0) is 17.8. The molecule has 0 amide bonds. The van der Waals surface area contributed by atoms with Crippen LogP contribution in [0.25, 0.3) is 22.4 Å². The lowest BCUT2D eigenvalue weighted by Crippen LogP contribution is -2.04. The molecule has 130 valence electrons. The molecule has 6 nitrogen and oxygen atoms in total. The van der Waals surface area contributed by atoms with Gasteiger partial charge in [-0.15, -0.1) is 0 Å². The summed E-state index contributed by atoms with van der Waals surface area (Å²) in [4.78, 5) is 19.7. The van der Waals surface area contributed by atoms with Gasteiger partial charge < -0.3 is 19.2 Å². The molecule has 2 aromatic carbocycles. The Balaban J connectivity index is 1.97. The van der Waals surface area contributed by atoms with Crippen LogP contribution < -0.4 is 9.47 Å². The molecule has 0 aliphatic carbocycles. The van der Waals surface area contributed by atoms with E-state index >= 15 is 0 Å². The molecule has 6 heteroatoms. The second-order valence-electron chi connectivity index (χ2n) is 5.34. The molecule has 0 fully saturated rings. The third-order valence-corrected chi connectivity index (χ3v) is 3.73. The van der Waals surface area contributed by atoms with Crippen molar-refractivity contribution in [2.45, 2.75) is 13.8 Å². The molecule has 0 atom stereocenters. The summed E-state index contributed by atoms with van der Waals surface area (Å²) in [6.07, 6.45) is 0. The van der Waals surface area contributed by atoms with Gasteiger partial charge in [0.25, 0.3) is 0 Å². The van der Waals surface area contributed by atoms with Crippen molar-refractivity contribution in [1.29, 1.82) is 0 Å². The zero-order valence-electron chi connectivity index (χ0n) is 14.5. The first-order valence-electron chi connectivity index (χ1n) is 8.14. The summed E-state index contributed by atoms with van der Waals surface area (Å²) in [7, 11) is 1.60. The molecule has 1 aromatic heterocycles. The lowest BCUT2D eigenvalue weighted by atomic mass is 10.2. The number of H-pyrrole nitrogens is 1. The van der Waals surface area contributed by atoms with E-state index in [0.717, 1.165) is 16.6 Å². The number of nitrogens with one attached hydrogen (secondary N) is 1. The highest BCUT2D eigenvalue weighted by Gasteiger charge is 2.12. The Bertz CT molecular complexity index is 902. The van der Waals surface area contributed by atoms with Gasteiger partial charge in [-0.1, -0.05) is 0 Å². The number of rotatable bonds is 6. The Morgan fingerprint density at radius 2 is 1.92 bits per heavy atom. The molecule has 0 aliphatic rings. The van der Waals surface area contributed by atoms with E-state index in [1.54, 1.807) is 32.2 Å². The largest absolute Gasteiger partial charge is 0.493 e. The highest BCUT2D eigenvalue weighted by molar-refractivity contribution is 5.94. The van der Waals surface area contributed by atoms with E-state index in [-0.39, 0.29) is 5.97 Å². The van der Waals surface area contributed by atoms with E-state index in [2.05, 4.69) is 9.97 Å². The normalized spacial score (nSPS) is 10.7. The van der Waals surface area contributed by atoms with Crippen LogP contribution in [-0.2, 0) is 4.74 Å². The Hall–Kier alpha value is -3.02. The van der Waals surface area contributed by atoms with Crippen molar-refractivity contribution in [3.63, 3.8) is 0 Å². The smallest absolute Gasteiger partial charge is 0.338 e. The Kier molecular flexibility index (Phi) is 4.88. The summed E-state index contributed by atoms with van der Waals surface area (Å²) in [6, 6.07) is 10.9. The quantitative estimate of drug-likeness (QED) is 0.691. The van der Waals surface area contributed by atoms with Crippen molar-refractivity contribution in [3.8, 4) is 22.9 Å². The molecule has 3 rings (SSSR count). The summed E-state index contributed by atoms with van der Waals surface area (Å²) >= 11 is 0. The van der Waals surface area contributed by atoms with E-state index in [1.165, 1.54) is 0 Å². The van der Waals surface area contributed by atoms with Crippen LogP contribution in [0.5, 0.6) is 11.5 Å². The van der Waals surface area contributed by atoms with Gasteiger partial charge >= 0.3 is 5.97 Å². The molecule has 0 aliphatic heterocycles. The summed E-state index contributed by atoms with van der Waals surface area (Å²) in [6.45, 7) is 4.62. The van der Waals surface area contributed by atoms with Crippen LogP contribution in [0, 0.1) is 0 Å². The zero-order valence-corrected chi connectivity index (χ0v) is 14.5. The fourth-order valence-corrected chi connectivity index (χ4v) is 2.58. The second-order valence-corrected chi connectivity index (χ2v) is 5.34. The molecule has 0 unspecified atom stereocenters. The predicted octanol–water partition coefficient (Wildman–Crippen LogP) is 3.81. The second kappa shape index (κ2) is 7.25. The van der Waals surface area contributed by atoms with Crippen LogP contribution >= 0.6 is 0 Å². The van der Waals surface area contributed by atoms with Gasteiger partial charge in [0, 0.05) is 5.56 Å². The average molecular weight is 340 g/mol. The number of esters is 1. The SMILES string of the molecule is CCOC(=O)c1ccc2nc(-c3ccc(OCC)c(OC)c3)[nH]c2c1. The topological polar surface area (TPSA) is 73.4 Å². The van der Waals surface area contributed by atoms with Crippen molar-refractivity contribution in [1.82, 2.24) is 9.97 Å². The molecule has 0 saturated carbocycles. The molecular weight excluding hydrogens is 320 g/mol. The third kappa shape index (κ3) is 3.42. The van der Waals surface area contributed by atoms with Gasteiger partial charge in [-0.25, -0.2) is 9.78 Å². The van der Waals surface area contributed by atoms with E-state index < -0.39 is 0 Å². The van der Waals surface area contributed by atoms with Gasteiger partial charge in [0.1, 0.15) is 5.82 Å². The highest BCUT2D eigenvalue weighted by atomic mass is 16.5. The van der Waals surface area contributed by atoms with Crippen molar-refractivity contribution in [3.05, 3.63) is 42.0 Å². The lowest BCUT2D eigenvalue weighted by Gasteiger charge is -2.09. The number of aromatic nitrogens is 2. The molecule has 3 aromatic rings. The Labute approximate surface area is 145 Å². The maximum Gasteiger partial charge on any atom is 0.338 e. The average Bonchev–Trinajstić information content (AvgIpc) is 3.05. The monoisotopic (exact) mass is 340 g/mol. The Morgan fingerprint density at radius 3 is 2.64 bits per heavy atom. The van der Waals surface area contributed by atoms with Crippen LogP contribution in [-0.4, -0.2) is 36.3 Å². The van der Waals surface area contributed by atoms with Crippen LogP contribution in [0.2, 0.25) is 0 Å². The van der Waals surface area contributed by atoms with Gasteiger partial charge in [0.15, 0.2) is 11.5 Å². The van der Waals surface area contributed by atoms with Gasteiger partial charge in [-0.2, -0.15) is 0 Å². The number of hydrogen-bond acceptors (Lipinski definition) is 5. The first kappa shape index (κ1) is 16.8. The van der Waals surface area contributed by atoms with Crippen molar-refractivity contribution in [2.24, 2.45) is 0 Å². The lowest BCUT2D eigenvalue weighted by molar-refractivity contribution is 0.0526. The van der Waals surface area contributed by atoms with E-state index in [9.17, 15) is 4.79 Å². The molecule has 0 bridgehead atoms. The summed E-state index contributed by atoms with van der Waals surface area (Å²) in [5.74, 6) is 1.68. The summed E-state index contributed by atoms with van der Waals surface area (Å²) in [5, 5.41) is 0.